The largest absolute Gasteiger partial charge is 0.504 e. The summed E-state index contributed by atoms with van der Waals surface area (Å²) in [4.78, 5) is 14.3. The molecule has 1 atom stereocenters. The van der Waals surface area contributed by atoms with Gasteiger partial charge in [0.1, 0.15) is 5.37 Å². The van der Waals surface area contributed by atoms with Crippen molar-refractivity contribution in [2.24, 2.45) is 0 Å². The van der Waals surface area contributed by atoms with E-state index in [0.29, 0.717) is 18.0 Å². The molecule has 0 bridgehead atoms. The quantitative estimate of drug-likeness (QED) is 0.902. The summed E-state index contributed by atoms with van der Waals surface area (Å²) in [6.07, 6.45) is 0.728. The SMILES string of the molecule is COc1cc(CCN2C(=O)CSC2c2ccccc2C)ccc1O. The maximum atomic E-state index is 12.3. The number of carbonyl (C=O) groups is 1. The third-order valence-corrected chi connectivity index (χ3v) is 5.55. The Kier molecular flexibility index (Phi) is 5.00. The van der Waals surface area contributed by atoms with Crippen molar-refractivity contribution in [2.75, 3.05) is 19.4 Å². The molecular formula is C19H21NO3S. The van der Waals surface area contributed by atoms with Crippen molar-refractivity contribution in [2.45, 2.75) is 18.7 Å². The maximum absolute atomic E-state index is 12.3. The van der Waals surface area contributed by atoms with Crippen LogP contribution in [-0.2, 0) is 11.2 Å². The molecule has 1 saturated heterocycles. The number of carbonyl (C=O) groups excluding carboxylic acids is 1. The fraction of sp³-hybridized carbons (Fsp3) is 0.316. The number of benzene rings is 2. The number of nitrogens with zero attached hydrogens (tertiary/aromatic N) is 1. The van der Waals surface area contributed by atoms with Gasteiger partial charge in [0.2, 0.25) is 5.91 Å². The van der Waals surface area contributed by atoms with Gasteiger partial charge >= 0.3 is 0 Å². The molecule has 1 aliphatic rings. The summed E-state index contributed by atoms with van der Waals surface area (Å²) in [6.45, 7) is 2.74. The molecule has 0 radical (unpaired) electrons. The molecule has 126 valence electrons. The molecule has 1 unspecified atom stereocenters. The van der Waals surface area contributed by atoms with Gasteiger partial charge in [0.15, 0.2) is 11.5 Å². The number of aromatic hydroxyl groups is 1. The minimum Gasteiger partial charge on any atom is -0.504 e. The number of ether oxygens (including phenoxy) is 1. The van der Waals surface area contributed by atoms with Crippen molar-refractivity contribution >= 4 is 17.7 Å². The van der Waals surface area contributed by atoms with Crippen molar-refractivity contribution in [3.8, 4) is 11.5 Å². The minimum absolute atomic E-state index is 0.0812. The molecule has 0 saturated carbocycles. The van der Waals surface area contributed by atoms with E-state index < -0.39 is 0 Å². The Morgan fingerprint density at radius 1 is 1.29 bits per heavy atom. The molecule has 1 amide bonds. The first-order chi connectivity index (χ1) is 11.6. The molecule has 1 heterocycles. The highest BCUT2D eigenvalue weighted by atomic mass is 32.2. The van der Waals surface area contributed by atoms with Gasteiger partial charge in [-0.2, -0.15) is 0 Å². The third-order valence-electron chi connectivity index (χ3n) is 4.31. The van der Waals surface area contributed by atoms with Gasteiger partial charge in [0.05, 0.1) is 12.9 Å². The van der Waals surface area contributed by atoms with Crippen molar-refractivity contribution in [1.82, 2.24) is 4.90 Å². The molecule has 3 rings (SSSR count). The molecule has 5 heteroatoms. The number of aryl methyl sites for hydroxylation is 1. The molecular weight excluding hydrogens is 322 g/mol. The summed E-state index contributed by atoms with van der Waals surface area (Å²) in [6, 6.07) is 13.6. The van der Waals surface area contributed by atoms with Crippen LogP contribution in [-0.4, -0.2) is 35.3 Å². The number of hydrogen-bond acceptors (Lipinski definition) is 4. The Morgan fingerprint density at radius 3 is 2.83 bits per heavy atom. The van der Waals surface area contributed by atoms with E-state index in [9.17, 15) is 9.90 Å². The molecule has 4 nitrogen and oxygen atoms in total. The van der Waals surface area contributed by atoms with E-state index in [1.807, 2.05) is 29.2 Å². The molecule has 2 aromatic carbocycles. The predicted molar refractivity (Wildman–Crippen MR) is 96.5 cm³/mol. The van der Waals surface area contributed by atoms with Gasteiger partial charge in [-0.25, -0.2) is 0 Å². The Balaban J connectivity index is 1.75. The van der Waals surface area contributed by atoms with Gasteiger partial charge < -0.3 is 14.7 Å². The Labute approximate surface area is 146 Å². The van der Waals surface area contributed by atoms with E-state index in [1.165, 1.54) is 18.2 Å². The zero-order valence-electron chi connectivity index (χ0n) is 13.9. The van der Waals surface area contributed by atoms with E-state index in [2.05, 4.69) is 19.1 Å². The second-order valence-electron chi connectivity index (χ2n) is 5.86. The Morgan fingerprint density at radius 2 is 2.08 bits per heavy atom. The number of rotatable bonds is 5. The van der Waals surface area contributed by atoms with Crippen molar-refractivity contribution in [3.63, 3.8) is 0 Å². The van der Waals surface area contributed by atoms with E-state index in [4.69, 9.17) is 4.74 Å². The van der Waals surface area contributed by atoms with Gasteiger partial charge in [-0.15, -0.1) is 11.8 Å². The van der Waals surface area contributed by atoms with E-state index >= 15 is 0 Å². The zero-order chi connectivity index (χ0) is 17.1. The fourth-order valence-corrected chi connectivity index (χ4v) is 4.26. The molecule has 0 aliphatic carbocycles. The third kappa shape index (κ3) is 3.36. The van der Waals surface area contributed by atoms with Crippen molar-refractivity contribution in [3.05, 3.63) is 59.2 Å². The first kappa shape index (κ1) is 16.7. The molecule has 2 aromatic rings. The van der Waals surface area contributed by atoms with Crippen LogP contribution >= 0.6 is 11.8 Å². The fourth-order valence-electron chi connectivity index (χ4n) is 2.94. The van der Waals surface area contributed by atoms with Crippen LogP contribution in [0.5, 0.6) is 11.5 Å². The number of methoxy groups -OCH3 is 1. The molecule has 0 spiro atoms. The average Bonchev–Trinajstić information content (AvgIpc) is 2.95. The molecule has 1 fully saturated rings. The molecule has 0 aromatic heterocycles. The number of phenolic OH excluding ortho intramolecular Hbond substituents is 1. The van der Waals surface area contributed by atoms with Crippen LogP contribution in [0.3, 0.4) is 0 Å². The van der Waals surface area contributed by atoms with Crippen LogP contribution in [0.2, 0.25) is 0 Å². The monoisotopic (exact) mass is 343 g/mol. The van der Waals surface area contributed by atoms with Gasteiger partial charge in [0, 0.05) is 6.54 Å². The predicted octanol–water partition coefficient (Wildman–Crippen LogP) is 3.53. The first-order valence-corrected chi connectivity index (χ1v) is 8.97. The summed E-state index contributed by atoms with van der Waals surface area (Å²) in [5.41, 5.74) is 3.45. The lowest BCUT2D eigenvalue weighted by atomic mass is 10.1. The smallest absolute Gasteiger partial charge is 0.233 e. The lowest BCUT2D eigenvalue weighted by Crippen LogP contribution is -2.30. The highest BCUT2D eigenvalue weighted by Crippen LogP contribution is 2.40. The van der Waals surface area contributed by atoms with Gasteiger partial charge in [-0.1, -0.05) is 30.3 Å². The Hall–Kier alpha value is -2.14. The van der Waals surface area contributed by atoms with E-state index in [-0.39, 0.29) is 17.0 Å². The summed E-state index contributed by atoms with van der Waals surface area (Å²) in [5.74, 6) is 1.30. The van der Waals surface area contributed by atoms with Crippen LogP contribution in [0.4, 0.5) is 0 Å². The number of thioether (sulfide) groups is 1. The average molecular weight is 343 g/mol. The number of amides is 1. The lowest BCUT2D eigenvalue weighted by molar-refractivity contribution is -0.128. The van der Waals surface area contributed by atoms with Crippen LogP contribution in [0.1, 0.15) is 22.1 Å². The van der Waals surface area contributed by atoms with Gasteiger partial charge in [-0.3, -0.25) is 4.79 Å². The Bertz CT molecular complexity index is 747. The molecule has 1 aliphatic heterocycles. The summed E-state index contributed by atoms with van der Waals surface area (Å²) in [5, 5.41) is 9.77. The van der Waals surface area contributed by atoms with E-state index in [1.54, 1.807) is 17.8 Å². The van der Waals surface area contributed by atoms with Crippen molar-refractivity contribution in [1.29, 1.82) is 0 Å². The standard InChI is InChI=1S/C19H21NO3S/c1-13-5-3-4-6-15(13)19-20(18(22)12-24-19)10-9-14-7-8-16(21)17(11-14)23-2/h3-8,11,19,21H,9-10,12H2,1-2H3. The first-order valence-electron chi connectivity index (χ1n) is 7.92. The normalized spacial score (nSPS) is 17.3. The van der Waals surface area contributed by atoms with Crippen LogP contribution in [0.25, 0.3) is 0 Å². The summed E-state index contributed by atoms with van der Waals surface area (Å²) >= 11 is 1.68. The maximum Gasteiger partial charge on any atom is 0.233 e. The van der Waals surface area contributed by atoms with Gasteiger partial charge in [-0.05, 0) is 42.2 Å². The number of hydrogen-bond donors (Lipinski definition) is 1. The van der Waals surface area contributed by atoms with E-state index in [0.717, 1.165) is 12.0 Å². The number of phenols is 1. The summed E-state index contributed by atoms with van der Waals surface area (Å²) < 4.78 is 5.15. The minimum atomic E-state index is 0.0812. The van der Waals surface area contributed by atoms with Crippen molar-refractivity contribution < 1.29 is 14.6 Å². The second kappa shape index (κ2) is 7.18. The van der Waals surface area contributed by atoms with Crippen LogP contribution in [0.15, 0.2) is 42.5 Å². The highest BCUT2D eigenvalue weighted by Gasteiger charge is 2.33. The topological polar surface area (TPSA) is 49.8 Å². The highest BCUT2D eigenvalue weighted by molar-refractivity contribution is 8.00. The zero-order valence-corrected chi connectivity index (χ0v) is 14.7. The van der Waals surface area contributed by atoms with Gasteiger partial charge in [0.25, 0.3) is 0 Å². The summed E-state index contributed by atoms with van der Waals surface area (Å²) in [7, 11) is 1.54. The molecule has 24 heavy (non-hydrogen) atoms. The molecule has 1 N–H and O–H groups in total. The van der Waals surface area contributed by atoms with Crippen LogP contribution < -0.4 is 4.74 Å². The second-order valence-corrected chi connectivity index (χ2v) is 6.93. The lowest BCUT2D eigenvalue weighted by Gasteiger charge is -2.25. The van der Waals surface area contributed by atoms with Crippen LogP contribution in [0, 0.1) is 6.92 Å².